The summed E-state index contributed by atoms with van der Waals surface area (Å²) in [5.41, 5.74) is 0.835. The summed E-state index contributed by atoms with van der Waals surface area (Å²) in [6, 6.07) is 7.79. The Balaban J connectivity index is 1.95. The van der Waals surface area contributed by atoms with Crippen LogP contribution in [0.15, 0.2) is 24.3 Å². The molecule has 1 aliphatic carbocycles. The number of rotatable bonds is 8. The summed E-state index contributed by atoms with van der Waals surface area (Å²) in [7, 11) is 1.71. The largest absolute Gasteiger partial charge is 0.385 e. The van der Waals surface area contributed by atoms with Gasteiger partial charge < -0.3 is 10.1 Å². The first-order valence-electron chi connectivity index (χ1n) is 6.78. The predicted octanol–water partition coefficient (Wildman–Crippen LogP) is 3.09. The van der Waals surface area contributed by atoms with Crippen molar-refractivity contribution in [2.45, 2.75) is 37.6 Å². The van der Waals surface area contributed by atoms with Crippen molar-refractivity contribution < 1.29 is 9.13 Å². The molecule has 1 atom stereocenters. The minimum Gasteiger partial charge on any atom is -0.385 e. The molecule has 0 spiro atoms. The van der Waals surface area contributed by atoms with E-state index in [4.69, 9.17) is 4.74 Å². The maximum Gasteiger partial charge on any atom is 0.126 e. The molecule has 0 aromatic heterocycles. The molecule has 1 fully saturated rings. The van der Waals surface area contributed by atoms with E-state index in [-0.39, 0.29) is 11.7 Å². The highest BCUT2D eigenvalue weighted by Crippen LogP contribution is 2.26. The van der Waals surface area contributed by atoms with E-state index in [1.165, 1.54) is 12.8 Å². The third kappa shape index (κ3) is 4.07. The highest BCUT2D eigenvalue weighted by atomic mass is 19.1. The summed E-state index contributed by atoms with van der Waals surface area (Å²) in [4.78, 5) is 0. The van der Waals surface area contributed by atoms with Crippen molar-refractivity contribution in [3.05, 3.63) is 35.6 Å². The molecule has 1 aromatic carbocycles. The van der Waals surface area contributed by atoms with Gasteiger partial charge in [0.2, 0.25) is 0 Å². The van der Waals surface area contributed by atoms with Gasteiger partial charge >= 0.3 is 0 Å². The molecule has 1 unspecified atom stereocenters. The standard InChI is InChI=1S/C15H22FNO/c1-18-10-4-5-12(11-17-13-8-9-13)14-6-2-3-7-15(14)16/h2-3,6-7,12-13,17H,4-5,8-11H2,1H3. The molecule has 1 saturated carbocycles. The van der Waals surface area contributed by atoms with Crippen LogP contribution < -0.4 is 5.32 Å². The first-order valence-corrected chi connectivity index (χ1v) is 6.78. The van der Waals surface area contributed by atoms with E-state index in [0.717, 1.165) is 31.6 Å². The highest BCUT2D eigenvalue weighted by Gasteiger charge is 2.23. The number of benzene rings is 1. The zero-order chi connectivity index (χ0) is 12.8. The van der Waals surface area contributed by atoms with Gasteiger partial charge in [0.1, 0.15) is 5.82 Å². The Morgan fingerprint density at radius 1 is 1.39 bits per heavy atom. The normalized spacial score (nSPS) is 16.8. The van der Waals surface area contributed by atoms with Crippen molar-refractivity contribution in [2.75, 3.05) is 20.3 Å². The van der Waals surface area contributed by atoms with Crippen molar-refractivity contribution in [2.24, 2.45) is 0 Å². The van der Waals surface area contributed by atoms with E-state index < -0.39 is 0 Å². The fraction of sp³-hybridized carbons (Fsp3) is 0.600. The smallest absolute Gasteiger partial charge is 0.126 e. The summed E-state index contributed by atoms with van der Waals surface area (Å²) in [6.45, 7) is 1.61. The predicted molar refractivity (Wildman–Crippen MR) is 71.3 cm³/mol. The molecular weight excluding hydrogens is 229 g/mol. The highest BCUT2D eigenvalue weighted by molar-refractivity contribution is 5.22. The molecule has 18 heavy (non-hydrogen) atoms. The second-order valence-electron chi connectivity index (χ2n) is 5.04. The zero-order valence-electron chi connectivity index (χ0n) is 11.0. The lowest BCUT2D eigenvalue weighted by atomic mass is 9.93. The van der Waals surface area contributed by atoms with E-state index in [0.29, 0.717) is 6.04 Å². The zero-order valence-corrected chi connectivity index (χ0v) is 11.0. The van der Waals surface area contributed by atoms with Gasteiger partial charge in [-0.15, -0.1) is 0 Å². The number of halogens is 1. The molecule has 3 heteroatoms. The van der Waals surface area contributed by atoms with Crippen LogP contribution >= 0.6 is 0 Å². The van der Waals surface area contributed by atoms with E-state index in [9.17, 15) is 4.39 Å². The Kier molecular flexibility index (Phi) is 5.14. The molecule has 1 aliphatic rings. The van der Waals surface area contributed by atoms with Crippen LogP contribution in [0.5, 0.6) is 0 Å². The molecule has 2 nitrogen and oxygen atoms in total. The second-order valence-corrected chi connectivity index (χ2v) is 5.04. The summed E-state index contributed by atoms with van der Waals surface area (Å²) < 4.78 is 18.9. The topological polar surface area (TPSA) is 21.3 Å². The van der Waals surface area contributed by atoms with Gasteiger partial charge in [0.15, 0.2) is 0 Å². The third-order valence-corrected chi connectivity index (χ3v) is 3.48. The fourth-order valence-corrected chi connectivity index (χ4v) is 2.24. The van der Waals surface area contributed by atoms with Gasteiger partial charge in [0.25, 0.3) is 0 Å². The Morgan fingerprint density at radius 2 is 2.17 bits per heavy atom. The van der Waals surface area contributed by atoms with Gasteiger partial charge in [-0.1, -0.05) is 18.2 Å². The molecule has 0 heterocycles. The average Bonchev–Trinajstić information content (AvgIpc) is 3.19. The van der Waals surface area contributed by atoms with Crippen molar-refractivity contribution in [3.63, 3.8) is 0 Å². The summed E-state index contributed by atoms with van der Waals surface area (Å²) in [5.74, 6) is 0.166. The molecule has 2 rings (SSSR count). The van der Waals surface area contributed by atoms with Crippen molar-refractivity contribution >= 4 is 0 Å². The Morgan fingerprint density at radius 3 is 2.83 bits per heavy atom. The van der Waals surface area contributed by atoms with Crippen molar-refractivity contribution in [1.82, 2.24) is 5.32 Å². The van der Waals surface area contributed by atoms with Crippen LogP contribution in [0, 0.1) is 5.82 Å². The molecule has 1 aromatic rings. The Labute approximate surface area is 109 Å². The lowest BCUT2D eigenvalue weighted by Gasteiger charge is -2.18. The maximum absolute atomic E-state index is 13.8. The SMILES string of the molecule is COCCCC(CNC1CC1)c1ccccc1F. The van der Waals surface area contributed by atoms with E-state index in [1.807, 2.05) is 12.1 Å². The Bertz CT molecular complexity index is 365. The number of methoxy groups -OCH3 is 1. The number of nitrogens with one attached hydrogen (secondary N) is 1. The van der Waals surface area contributed by atoms with Gasteiger partial charge in [0.05, 0.1) is 0 Å². The molecule has 0 aliphatic heterocycles. The van der Waals surface area contributed by atoms with Crippen LogP contribution in [-0.4, -0.2) is 26.3 Å². The molecule has 0 amide bonds. The summed E-state index contributed by atoms with van der Waals surface area (Å²) in [5, 5.41) is 3.50. The van der Waals surface area contributed by atoms with Gasteiger partial charge in [-0.3, -0.25) is 0 Å². The number of hydrogen-bond acceptors (Lipinski definition) is 2. The quantitative estimate of drug-likeness (QED) is 0.717. The molecule has 0 radical (unpaired) electrons. The van der Waals surface area contributed by atoms with E-state index in [1.54, 1.807) is 19.2 Å². The summed E-state index contributed by atoms with van der Waals surface area (Å²) in [6.07, 6.45) is 4.47. The second kappa shape index (κ2) is 6.86. The van der Waals surface area contributed by atoms with Gasteiger partial charge in [-0.25, -0.2) is 4.39 Å². The first-order chi connectivity index (χ1) is 8.81. The molecule has 0 bridgehead atoms. The lowest BCUT2D eigenvalue weighted by Crippen LogP contribution is -2.24. The fourth-order valence-electron chi connectivity index (χ4n) is 2.24. The molecule has 0 saturated heterocycles. The molecule has 1 N–H and O–H groups in total. The van der Waals surface area contributed by atoms with Gasteiger partial charge in [-0.05, 0) is 43.2 Å². The van der Waals surface area contributed by atoms with E-state index in [2.05, 4.69) is 5.32 Å². The monoisotopic (exact) mass is 251 g/mol. The minimum absolute atomic E-state index is 0.0856. The van der Waals surface area contributed by atoms with Crippen LogP contribution in [0.1, 0.15) is 37.2 Å². The molecule has 100 valence electrons. The number of ether oxygens (including phenoxy) is 1. The van der Waals surface area contributed by atoms with Crippen molar-refractivity contribution in [3.8, 4) is 0 Å². The van der Waals surface area contributed by atoms with Crippen LogP contribution in [-0.2, 0) is 4.74 Å². The van der Waals surface area contributed by atoms with Crippen LogP contribution in [0.4, 0.5) is 4.39 Å². The molecular formula is C15H22FNO. The van der Waals surface area contributed by atoms with E-state index >= 15 is 0 Å². The summed E-state index contributed by atoms with van der Waals surface area (Å²) >= 11 is 0. The van der Waals surface area contributed by atoms with Gasteiger partial charge in [-0.2, -0.15) is 0 Å². The first kappa shape index (κ1) is 13.5. The minimum atomic E-state index is -0.0856. The maximum atomic E-state index is 13.8. The van der Waals surface area contributed by atoms with Crippen LogP contribution in [0.2, 0.25) is 0 Å². The van der Waals surface area contributed by atoms with Crippen molar-refractivity contribution in [1.29, 1.82) is 0 Å². The van der Waals surface area contributed by atoms with Crippen LogP contribution in [0.3, 0.4) is 0 Å². The lowest BCUT2D eigenvalue weighted by molar-refractivity contribution is 0.190. The van der Waals surface area contributed by atoms with Gasteiger partial charge in [0, 0.05) is 26.3 Å². The Hall–Kier alpha value is -0.930. The number of hydrogen-bond donors (Lipinski definition) is 1. The van der Waals surface area contributed by atoms with Crippen LogP contribution in [0.25, 0.3) is 0 Å². The third-order valence-electron chi connectivity index (χ3n) is 3.48. The average molecular weight is 251 g/mol.